The van der Waals surface area contributed by atoms with Crippen molar-refractivity contribution in [2.45, 2.75) is 25.9 Å². The van der Waals surface area contributed by atoms with E-state index in [4.69, 9.17) is 4.74 Å². The fourth-order valence-corrected chi connectivity index (χ4v) is 5.10. The second-order valence-corrected chi connectivity index (χ2v) is 8.62. The molecule has 0 saturated heterocycles. The number of hydrogen-bond acceptors (Lipinski definition) is 3. The predicted molar refractivity (Wildman–Crippen MR) is 124 cm³/mol. The van der Waals surface area contributed by atoms with Gasteiger partial charge in [-0.1, -0.05) is 30.3 Å². The number of carbonyl (C=O) groups excluding carboxylic acids is 1. The number of nitrogens with zero attached hydrogens (tertiary/aromatic N) is 2. The standard InChI is InChI=1S/C26H29N3O2/c1-4-28(2)26(30)19-12-22-21-9-6-10-23-25(21)18(14-27-23)13-24(22)29(16-19)15-17-7-5-8-20(11-17)31-3/h5-12,14,19,24,27H,4,13,15-16H2,1-3H3. The quantitative estimate of drug-likeness (QED) is 0.683. The maximum absolute atomic E-state index is 13.2. The Morgan fingerprint density at radius 2 is 2.10 bits per heavy atom. The smallest absolute Gasteiger partial charge is 0.230 e. The molecule has 2 atom stereocenters. The largest absolute Gasteiger partial charge is 0.497 e. The summed E-state index contributed by atoms with van der Waals surface area (Å²) in [5, 5.41) is 1.31. The van der Waals surface area contributed by atoms with E-state index < -0.39 is 0 Å². The average Bonchev–Trinajstić information content (AvgIpc) is 3.22. The van der Waals surface area contributed by atoms with E-state index in [0.29, 0.717) is 0 Å². The molecule has 1 amide bonds. The summed E-state index contributed by atoms with van der Waals surface area (Å²) < 4.78 is 5.44. The highest BCUT2D eigenvalue weighted by Gasteiger charge is 2.37. The lowest BCUT2D eigenvalue weighted by molar-refractivity contribution is -0.133. The van der Waals surface area contributed by atoms with Crippen LogP contribution in [0.15, 0.2) is 54.7 Å². The Bertz CT molecular complexity index is 1160. The highest BCUT2D eigenvalue weighted by molar-refractivity contribution is 5.99. The van der Waals surface area contributed by atoms with Crippen molar-refractivity contribution in [3.05, 3.63) is 71.4 Å². The van der Waals surface area contributed by atoms with Crippen molar-refractivity contribution in [1.29, 1.82) is 0 Å². The van der Waals surface area contributed by atoms with Gasteiger partial charge in [0.05, 0.1) is 13.0 Å². The van der Waals surface area contributed by atoms with Gasteiger partial charge in [-0.3, -0.25) is 9.69 Å². The molecule has 2 heterocycles. The van der Waals surface area contributed by atoms with Crippen molar-refractivity contribution in [1.82, 2.24) is 14.8 Å². The SMILES string of the molecule is CCN(C)C(=O)C1C=C2c3cccc4[nH]cc(c34)CC2N(Cc2cccc(OC)c2)C1. The Labute approximate surface area is 183 Å². The molecule has 160 valence electrons. The molecule has 0 bridgehead atoms. The number of rotatable bonds is 5. The van der Waals surface area contributed by atoms with E-state index in [1.54, 1.807) is 7.11 Å². The Hall–Kier alpha value is -3.05. The fourth-order valence-electron chi connectivity index (χ4n) is 5.10. The average molecular weight is 416 g/mol. The molecule has 1 aliphatic carbocycles. The van der Waals surface area contributed by atoms with E-state index in [-0.39, 0.29) is 17.9 Å². The molecule has 0 fully saturated rings. The topological polar surface area (TPSA) is 48.6 Å². The molecule has 2 unspecified atom stereocenters. The third-order valence-corrected chi connectivity index (χ3v) is 6.81. The number of hydrogen-bond donors (Lipinski definition) is 1. The van der Waals surface area contributed by atoms with Crippen molar-refractivity contribution in [3.63, 3.8) is 0 Å². The molecule has 1 aromatic heterocycles. The zero-order valence-corrected chi connectivity index (χ0v) is 18.4. The van der Waals surface area contributed by atoms with Crippen LogP contribution in [0.5, 0.6) is 5.75 Å². The predicted octanol–water partition coefficient (Wildman–Crippen LogP) is 4.09. The summed E-state index contributed by atoms with van der Waals surface area (Å²) in [6.45, 7) is 4.26. The first-order valence-corrected chi connectivity index (χ1v) is 11.0. The molecule has 2 aromatic carbocycles. The molecule has 5 rings (SSSR count). The molecule has 1 aliphatic heterocycles. The van der Waals surface area contributed by atoms with Crippen molar-refractivity contribution in [3.8, 4) is 5.75 Å². The van der Waals surface area contributed by atoms with E-state index in [0.717, 1.165) is 31.8 Å². The maximum Gasteiger partial charge on any atom is 0.230 e. The van der Waals surface area contributed by atoms with Gasteiger partial charge in [0, 0.05) is 49.8 Å². The number of methoxy groups -OCH3 is 1. The fraction of sp³-hybridized carbons (Fsp3) is 0.346. The van der Waals surface area contributed by atoms with Gasteiger partial charge in [-0.15, -0.1) is 0 Å². The molecule has 0 radical (unpaired) electrons. The number of fused-ring (bicyclic) bond motifs is 2. The van der Waals surface area contributed by atoms with Crippen LogP contribution in [0.3, 0.4) is 0 Å². The van der Waals surface area contributed by atoms with Gasteiger partial charge in [0.15, 0.2) is 0 Å². The number of nitrogens with one attached hydrogen (secondary N) is 1. The Morgan fingerprint density at radius 1 is 1.26 bits per heavy atom. The lowest BCUT2D eigenvalue weighted by atomic mass is 9.79. The van der Waals surface area contributed by atoms with Gasteiger partial charge in [-0.25, -0.2) is 0 Å². The molecule has 1 N–H and O–H groups in total. The minimum absolute atomic E-state index is 0.141. The first-order chi connectivity index (χ1) is 15.1. The van der Waals surface area contributed by atoms with Gasteiger partial charge in [0.2, 0.25) is 5.91 Å². The summed E-state index contributed by atoms with van der Waals surface area (Å²) in [6.07, 6.45) is 5.35. The monoisotopic (exact) mass is 415 g/mol. The minimum Gasteiger partial charge on any atom is -0.497 e. The van der Waals surface area contributed by atoms with Gasteiger partial charge in [-0.05, 0) is 53.8 Å². The van der Waals surface area contributed by atoms with Crippen LogP contribution in [0, 0.1) is 5.92 Å². The van der Waals surface area contributed by atoms with E-state index in [2.05, 4.69) is 52.5 Å². The van der Waals surface area contributed by atoms with Crippen LogP contribution in [-0.2, 0) is 17.8 Å². The third kappa shape index (κ3) is 3.43. The number of ether oxygens (including phenoxy) is 1. The maximum atomic E-state index is 13.2. The summed E-state index contributed by atoms with van der Waals surface area (Å²) >= 11 is 0. The molecule has 0 saturated carbocycles. The number of amides is 1. The van der Waals surface area contributed by atoms with Gasteiger partial charge in [0.25, 0.3) is 0 Å². The van der Waals surface area contributed by atoms with Crippen LogP contribution in [0.25, 0.3) is 16.5 Å². The van der Waals surface area contributed by atoms with Crippen molar-refractivity contribution in [2.75, 3.05) is 27.2 Å². The molecule has 5 nitrogen and oxygen atoms in total. The number of H-pyrrole nitrogens is 1. The number of carbonyl (C=O) groups is 1. The zero-order chi connectivity index (χ0) is 21.5. The number of aromatic nitrogens is 1. The molecule has 0 spiro atoms. The van der Waals surface area contributed by atoms with Gasteiger partial charge < -0.3 is 14.6 Å². The second-order valence-electron chi connectivity index (χ2n) is 8.62. The lowest BCUT2D eigenvalue weighted by Crippen LogP contribution is -2.48. The molecule has 2 aliphatic rings. The Balaban J connectivity index is 1.57. The van der Waals surface area contributed by atoms with Gasteiger partial charge >= 0.3 is 0 Å². The van der Waals surface area contributed by atoms with Crippen LogP contribution in [-0.4, -0.2) is 54.0 Å². The molecule has 3 aromatic rings. The Morgan fingerprint density at radius 3 is 2.90 bits per heavy atom. The van der Waals surface area contributed by atoms with Gasteiger partial charge in [-0.2, -0.15) is 0 Å². The van der Waals surface area contributed by atoms with Crippen LogP contribution >= 0.6 is 0 Å². The highest BCUT2D eigenvalue weighted by atomic mass is 16.5. The van der Waals surface area contributed by atoms with Crippen LogP contribution in [0.2, 0.25) is 0 Å². The van der Waals surface area contributed by atoms with Gasteiger partial charge in [0.1, 0.15) is 5.75 Å². The third-order valence-electron chi connectivity index (χ3n) is 6.81. The second kappa shape index (κ2) is 7.89. The normalized spacial score (nSPS) is 20.3. The van der Waals surface area contributed by atoms with Crippen LogP contribution in [0.4, 0.5) is 0 Å². The van der Waals surface area contributed by atoms with Crippen LogP contribution in [0.1, 0.15) is 23.6 Å². The molecule has 5 heteroatoms. The molecular weight excluding hydrogens is 386 g/mol. The summed E-state index contributed by atoms with van der Waals surface area (Å²) in [5.41, 5.74) is 6.28. The summed E-state index contributed by atoms with van der Waals surface area (Å²) in [4.78, 5) is 20.9. The van der Waals surface area contributed by atoms with E-state index in [9.17, 15) is 4.79 Å². The first kappa shape index (κ1) is 19.9. The van der Waals surface area contributed by atoms with E-state index in [1.165, 1.54) is 33.2 Å². The number of benzene rings is 2. The van der Waals surface area contributed by atoms with E-state index >= 15 is 0 Å². The highest BCUT2D eigenvalue weighted by Crippen LogP contribution is 2.42. The van der Waals surface area contributed by atoms with Crippen molar-refractivity contribution >= 4 is 22.4 Å². The summed E-state index contributed by atoms with van der Waals surface area (Å²) in [7, 11) is 3.59. The van der Waals surface area contributed by atoms with Crippen molar-refractivity contribution < 1.29 is 9.53 Å². The zero-order valence-electron chi connectivity index (χ0n) is 18.4. The van der Waals surface area contributed by atoms with E-state index in [1.807, 2.05) is 31.0 Å². The molecule has 31 heavy (non-hydrogen) atoms. The Kier molecular flexibility index (Phi) is 5.06. The molecular formula is C26H29N3O2. The number of aromatic amines is 1. The summed E-state index contributed by atoms with van der Waals surface area (Å²) in [6, 6.07) is 15.0. The van der Waals surface area contributed by atoms with Crippen molar-refractivity contribution in [2.24, 2.45) is 5.92 Å². The summed E-state index contributed by atoms with van der Waals surface area (Å²) in [5.74, 6) is 0.915. The lowest BCUT2D eigenvalue weighted by Gasteiger charge is -2.42. The minimum atomic E-state index is -0.141. The first-order valence-electron chi connectivity index (χ1n) is 11.0. The van der Waals surface area contributed by atoms with Crippen LogP contribution < -0.4 is 4.74 Å².